The Morgan fingerprint density at radius 2 is 2.00 bits per heavy atom. The third-order valence-corrected chi connectivity index (χ3v) is 4.16. The van der Waals surface area contributed by atoms with Gasteiger partial charge in [0.25, 0.3) is 0 Å². The van der Waals surface area contributed by atoms with Crippen molar-refractivity contribution in [1.29, 1.82) is 0 Å². The fourth-order valence-electron chi connectivity index (χ4n) is 3.18. The highest BCUT2D eigenvalue weighted by Crippen LogP contribution is 2.36. The molecule has 4 nitrogen and oxygen atoms in total. The van der Waals surface area contributed by atoms with Crippen molar-refractivity contribution in [1.82, 2.24) is 14.5 Å². The number of rotatable bonds is 2. The zero-order valence-corrected chi connectivity index (χ0v) is 11.8. The smallest absolute Gasteiger partial charge is 0.160 e. The first-order valence-electron chi connectivity index (χ1n) is 7.24. The van der Waals surface area contributed by atoms with Crippen LogP contribution >= 0.6 is 0 Å². The first kappa shape index (κ1) is 12.6. The number of fused-ring (bicyclic) bond motifs is 1. The second kappa shape index (κ2) is 4.60. The minimum Gasteiger partial charge on any atom is -0.319 e. The van der Waals surface area contributed by atoms with E-state index in [4.69, 9.17) is 10.7 Å². The van der Waals surface area contributed by atoms with Gasteiger partial charge < -0.3 is 10.3 Å². The maximum Gasteiger partial charge on any atom is 0.160 e. The Morgan fingerprint density at radius 3 is 2.68 bits per heavy atom. The summed E-state index contributed by atoms with van der Waals surface area (Å²) in [5.74, 6) is 1.02. The monoisotopic (exact) mass is 258 g/mol. The summed E-state index contributed by atoms with van der Waals surface area (Å²) in [6, 6.07) is 4.29. The van der Waals surface area contributed by atoms with Crippen molar-refractivity contribution in [3.63, 3.8) is 0 Å². The number of pyridine rings is 1. The van der Waals surface area contributed by atoms with Gasteiger partial charge in [0, 0.05) is 12.2 Å². The lowest BCUT2D eigenvalue weighted by molar-refractivity contribution is 0.275. The molecule has 1 aliphatic rings. The summed E-state index contributed by atoms with van der Waals surface area (Å²) >= 11 is 0. The topological polar surface area (TPSA) is 56.7 Å². The Bertz CT molecular complexity index is 579. The third kappa shape index (κ3) is 2.04. The number of hydrogen-bond acceptors (Lipinski definition) is 3. The SMILES string of the molecule is CC(C)n1c(C2(N)CCCCC2)nc2cccnc21. The van der Waals surface area contributed by atoms with Gasteiger partial charge in [-0.25, -0.2) is 9.97 Å². The van der Waals surface area contributed by atoms with Crippen LogP contribution in [0.1, 0.15) is 57.8 Å². The van der Waals surface area contributed by atoms with E-state index in [9.17, 15) is 0 Å². The number of hydrogen-bond donors (Lipinski definition) is 1. The van der Waals surface area contributed by atoms with Crippen LogP contribution in [0.5, 0.6) is 0 Å². The van der Waals surface area contributed by atoms with E-state index < -0.39 is 0 Å². The molecule has 0 aliphatic heterocycles. The van der Waals surface area contributed by atoms with Crippen LogP contribution in [0.25, 0.3) is 11.2 Å². The molecule has 2 aromatic heterocycles. The molecular weight excluding hydrogens is 236 g/mol. The molecule has 1 aliphatic carbocycles. The summed E-state index contributed by atoms with van der Waals surface area (Å²) in [6.07, 6.45) is 7.58. The predicted octanol–water partition coefficient (Wildman–Crippen LogP) is 3.13. The molecule has 4 heteroatoms. The summed E-state index contributed by atoms with van der Waals surface area (Å²) in [5, 5.41) is 0. The van der Waals surface area contributed by atoms with Crippen LogP contribution in [0.4, 0.5) is 0 Å². The molecule has 0 spiro atoms. The van der Waals surface area contributed by atoms with Gasteiger partial charge in [0.2, 0.25) is 0 Å². The second-order valence-electron chi connectivity index (χ2n) is 5.96. The first-order chi connectivity index (χ1) is 9.12. The van der Waals surface area contributed by atoms with Gasteiger partial charge in [-0.2, -0.15) is 0 Å². The number of aromatic nitrogens is 3. The van der Waals surface area contributed by atoms with E-state index >= 15 is 0 Å². The van der Waals surface area contributed by atoms with E-state index in [1.807, 2.05) is 18.3 Å². The fourth-order valence-corrected chi connectivity index (χ4v) is 3.18. The van der Waals surface area contributed by atoms with Crippen LogP contribution in [0.3, 0.4) is 0 Å². The highest BCUT2D eigenvalue weighted by molar-refractivity contribution is 5.71. The normalized spacial score (nSPS) is 19.2. The predicted molar refractivity (Wildman–Crippen MR) is 76.9 cm³/mol. The van der Waals surface area contributed by atoms with Crippen LogP contribution < -0.4 is 5.73 Å². The number of nitrogens with two attached hydrogens (primary N) is 1. The minimum absolute atomic E-state index is 0.275. The van der Waals surface area contributed by atoms with Crippen molar-refractivity contribution >= 4 is 11.2 Å². The molecular formula is C15H22N4. The molecule has 0 amide bonds. The van der Waals surface area contributed by atoms with Gasteiger partial charge in [-0.1, -0.05) is 19.3 Å². The maximum atomic E-state index is 6.67. The zero-order chi connectivity index (χ0) is 13.5. The molecule has 2 heterocycles. The van der Waals surface area contributed by atoms with Gasteiger partial charge in [0.15, 0.2) is 5.65 Å². The van der Waals surface area contributed by atoms with Crippen molar-refractivity contribution in [3.8, 4) is 0 Å². The summed E-state index contributed by atoms with van der Waals surface area (Å²) in [6.45, 7) is 4.34. The first-order valence-corrected chi connectivity index (χ1v) is 7.24. The molecule has 0 atom stereocenters. The van der Waals surface area contributed by atoms with Gasteiger partial charge in [-0.15, -0.1) is 0 Å². The second-order valence-corrected chi connectivity index (χ2v) is 5.96. The van der Waals surface area contributed by atoms with E-state index in [2.05, 4.69) is 23.4 Å². The Morgan fingerprint density at radius 1 is 1.26 bits per heavy atom. The Balaban J connectivity index is 2.19. The highest BCUT2D eigenvalue weighted by Gasteiger charge is 2.35. The van der Waals surface area contributed by atoms with E-state index in [1.54, 1.807) is 0 Å². The molecule has 0 bridgehead atoms. The summed E-state index contributed by atoms with van der Waals surface area (Å²) in [7, 11) is 0. The molecule has 3 rings (SSSR count). The molecule has 1 fully saturated rings. The van der Waals surface area contributed by atoms with Crippen molar-refractivity contribution in [2.75, 3.05) is 0 Å². The van der Waals surface area contributed by atoms with Crippen molar-refractivity contribution < 1.29 is 0 Å². The zero-order valence-electron chi connectivity index (χ0n) is 11.8. The quantitative estimate of drug-likeness (QED) is 0.900. The lowest BCUT2D eigenvalue weighted by Gasteiger charge is -2.33. The summed E-state index contributed by atoms with van der Waals surface area (Å²) in [4.78, 5) is 9.30. The van der Waals surface area contributed by atoms with Gasteiger partial charge in [0.1, 0.15) is 11.3 Å². The lowest BCUT2D eigenvalue weighted by atomic mass is 9.82. The van der Waals surface area contributed by atoms with Crippen molar-refractivity contribution in [2.24, 2.45) is 5.73 Å². The molecule has 2 aromatic rings. The molecule has 19 heavy (non-hydrogen) atoms. The van der Waals surface area contributed by atoms with Crippen LogP contribution in [0.2, 0.25) is 0 Å². The van der Waals surface area contributed by atoms with Crippen LogP contribution in [0.15, 0.2) is 18.3 Å². The van der Waals surface area contributed by atoms with Crippen LogP contribution in [-0.4, -0.2) is 14.5 Å². The average Bonchev–Trinajstić information content (AvgIpc) is 2.79. The molecule has 0 saturated heterocycles. The van der Waals surface area contributed by atoms with Crippen molar-refractivity contribution in [3.05, 3.63) is 24.2 Å². The minimum atomic E-state index is -0.275. The van der Waals surface area contributed by atoms with Crippen LogP contribution in [-0.2, 0) is 5.54 Å². The van der Waals surface area contributed by atoms with Gasteiger partial charge in [0.05, 0.1) is 5.54 Å². The van der Waals surface area contributed by atoms with Gasteiger partial charge in [-0.3, -0.25) is 0 Å². The van der Waals surface area contributed by atoms with Crippen molar-refractivity contribution in [2.45, 2.75) is 57.5 Å². The Kier molecular flexibility index (Phi) is 3.05. The largest absolute Gasteiger partial charge is 0.319 e. The fraction of sp³-hybridized carbons (Fsp3) is 0.600. The van der Waals surface area contributed by atoms with Crippen LogP contribution in [0, 0.1) is 0 Å². The van der Waals surface area contributed by atoms with E-state index in [0.29, 0.717) is 6.04 Å². The summed E-state index contributed by atoms with van der Waals surface area (Å²) in [5.41, 5.74) is 8.32. The molecule has 0 radical (unpaired) electrons. The summed E-state index contributed by atoms with van der Waals surface area (Å²) < 4.78 is 2.22. The molecule has 2 N–H and O–H groups in total. The van der Waals surface area contributed by atoms with E-state index in [0.717, 1.165) is 29.8 Å². The Labute approximate surface area is 114 Å². The molecule has 0 unspecified atom stereocenters. The third-order valence-electron chi connectivity index (χ3n) is 4.16. The van der Waals surface area contributed by atoms with E-state index in [-0.39, 0.29) is 5.54 Å². The molecule has 1 saturated carbocycles. The maximum absolute atomic E-state index is 6.67. The van der Waals surface area contributed by atoms with Gasteiger partial charge in [-0.05, 0) is 38.8 Å². The Hall–Kier alpha value is -1.42. The molecule has 0 aromatic carbocycles. The van der Waals surface area contributed by atoms with Gasteiger partial charge >= 0.3 is 0 Å². The lowest BCUT2D eigenvalue weighted by Crippen LogP contribution is -2.41. The molecule has 102 valence electrons. The number of imidazole rings is 1. The average molecular weight is 258 g/mol. The number of nitrogens with zero attached hydrogens (tertiary/aromatic N) is 3. The highest BCUT2D eigenvalue weighted by atomic mass is 15.2. The standard InChI is InChI=1S/C15H22N4/c1-11(2)19-13-12(7-6-10-17-13)18-14(19)15(16)8-4-3-5-9-15/h6-7,10-11H,3-5,8-9,16H2,1-2H3. The van der Waals surface area contributed by atoms with E-state index in [1.165, 1.54) is 19.3 Å².